The van der Waals surface area contributed by atoms with Crippen LogP contribution in [0.4, 0.5) is 0 Å². The van der Waals surface area contributed by atoms with Crippen molar-refractivity contribution in [2.45, 2.75) is 13.8 Å². The van der Waals surface area contributed by atoms with Gasteiger partial charge < -0.3 is 14.2 Å². The number of aliphatic imine (C=N–C) groups is 1. The number of ether oxygens (including phenoxy) is 3. The molecule has 1 aromatic heterocycles. The van der Waals surface area contributed by atoms with Crippen molar-refractivity contribution < 1.29 is 19.0 Å². The average Bonchev–Trinajstić information content (AvgIpc) is 3.33. The molecule has 192 valence electrons. The van der Waals surface area contributed by atoms with Crippen molar-refractivity contribution in [2.75, 3.05) is 20.3 Å². The number of thioether (sulfide) groups is 1. The van der Waals surface area contributed by atoms with Crippen LogP contribution in [0, 0.1) is 19.3 Å². The monoisotopic (exact) mass is 527 g/mol. The van der Waals surface area contributed by atoms with E-state index in [1.54, 1.807) is 49.8 Å². The third-order valence-electron chi connectivity index (χ3n) is 5.67. The lowest BCUT2D eigenvalue weighted by Gasteiger charge is -2.20. The van der Waals surface area contributed by atoms with Crippen LogP contribution in [0.1, 0.15) is 22.3 Å². The van der Waals surface area contributed by atoms with E-state index in [1.807, 2.05) is 32.0 Å². The second kappa shape index (κ2) is 10.9. The first-order chi connectivity index (χ1) is 18.4. The van der Waals surface area contributed by atoms with Crippen molar-refractivity contribution in [3.8, 4) is 17.2 Å². The molecule has 3 aromatic rings. The third kappa shape index (κ3) is 5.45. The van der Waals surface area contributed by atoms with E-state index in [0.29, 0.717) is 40.5 Å². The van der Waals surface area contributed by atoms with E-state index in [1.165, 1.54) is 16.8 Å². The Morgan fingerprint density at radius 3 is 2.55 bits per heavy atom. The van der Waals surface area contributed by atoms with Gasteiger partial charge in [0.05, 0.1) is 12.7 Å². The SMILES string of the molecule is COc1cc(/C=C2/C(=N)N3N=C(c4cccnc4)SC3=NC2=O)ccc1OCCOc1cc(C)cc(C)c1. The summed E-state index contributed by atoms with van der Waals surface area (Å²) in [6, 6.07) is 15.0. The molecule has 1 amide bonds. The molecule has 2 aromatic carbocycles. The lowest BCUT2D eigenvalue weighted by atomic mass is 10.1. The summed E-state index contributed by atoms with van der Waals surface area (Å²) in [6.07, 6.45) is 4.95. The van der Waals surface area contributed by atoms with Crippen molar-refractivity contribution in [1.29, 1.82) is 5.41 Å². The number of benzene rings is 2. The maximum Gasteiger partial charge on any atom is 0.283 e. The number of fused-ring (bicyclic) bond motifs is 1. The summed E-state index contributed by atoms with van der Waals surface area (Å²) in [4.78, 5) is 21.0. The van der Waals surface area contributed by atoms with Gasteiger partial charge in [0, 0.05) is 18.0 Å². The number of amides is 1. The molecule has 0 unspecified atom stereocenters. The van der Waals surface area contributed by atoms with Crippen LogP contribution < -0.4 is 14.2 Å². The number of rotatable bonds is 8. The van der Waals surface area contributed by atoms with Gasteiger partial charge in [-0.05, 0) is 84.8 Å². The molecule has 10 heteroatoms. The zero-order valence-corrected chi connectivity index (χ0v) is 21.9. The second-order valence-corrected chi connectivity index (χ2v) is 9.55. The van der Waals surface area contributed by atoms with Gasteiger partial charge in [-0.2, -0.15) is 15.1 Å². The summed E-state index contributed by atoms with van der Waals surface area (Å²) in [5.41, 5.74) is 3.87. The maximum atomic E-state index is 12.8. The van der Waals surface area contributed by atoms with Gasteiger partial charge in [0.1, 0.15) is 24.0 Å². The van der Waals surface area contributed by atoms with Crippen LogP contribution >= 0.6 is 11.8 Å². The summed E-state index contributed by atoms with van der Waals surface area (Å²) in [6.45, 7) is 4.76. The van der Waals surface area contributed by atoms with Crippen LogP contribution in [0.5, 0.6) is 17.2 Å². The minimum Gasteiger partial charge on any atom is -0.493 e. The normalized spacial score (nSPS) is 15.8. The first-order valence-corrected chi connectivity index (χ1v) is 12.7. The number of pyridine rings is 1. The Kier molecular flexibility index (Phi) is 7.23. The summed E-state index contributed by atoms with van der Waals surface area (Å²) >= 11 is 1.23. The van der Waals surface area contributed by atoms with Gasteiger partial charge >= 0.3 is 0 Å². The van der Waals surface area contributed by atoms with Crippen molar-refractivity contribution in [3.63, 3.8) is 0 Å². The Labute approximate surface area is 224 Å². The molecule has 2 aliphatic heterocycles. The van der Waals surface area contributed by atoms with Crippen LogP contribution in [0.2, 0.25) is 0 Å². The number of methoxy groups -OCH3 is 1. The van der Waals surface area contributed by atoms with Crippen molar-refractivity contribution in [2.24, 2.45) is 10.1 Å². The van der Waals surface area contributed by atoms with E-state index in [0.717, 1.165) is 22.4 Å². The predicted molar refractivity (Wildman–Crippen MR) is 148 cm³/mol. The number of hydrogen-bond acceptors (Lipinski definition) is 8. The molecule has 0 fully saturated rings. The largest absolute Gasteiger partial charge is 0.493 e. The fraction of sp³-hybridized carbons (Fsp3) is 0.179. The highest BCUT2D eigenvalue weighted by Crippen LogP contribution is 2.32. The smallest absolute Gasteiger partial charge is 0.283 e. The van der Waals surface area contributed by atoms with Gasteiger partial charge in [-0.3, -0.25) is 15.2 Å². The van der Waals surface area contributed by atoms with Crippen LogP contribution in [0.3, 0.4) is 0 Å². The molecule has 0 saturated heterocycles. The highest BCUT2D eigenvalue weighted by molar-refractivity contribution is 8.27. The molecule has 9 nitrogen and oxygen atoms in total. The number of carbonyl (C=O) groups excluding carboxylic acids is 1. The third-order valence-corrected chi connectivity index (χ3v) is 6.62. The summed E-state index contributed by atoms with van der Waals surface area (Å²) in [7, 11) is 1.55. The minimum absolute atomic E-state index is 0.0470. The Bertz CT molecular complexity index is 1480. The Morgan fingerprint density at radius 1 is 1.03 bits per heavy atom. The fourth-order valence-corrected chi connectivity index (χ4v) is 4.87. The second-order valence-electron chi connectivity index (χ2n) is 8.60. The minimum atomic E-state index is -0.501. The van der Waals surface area contributed by atoms with E-state index in [2.05, 4.69) is 21.1 Å². The number of amidine groups is 2. The van der Waals surface area contributed by atoms with Gasteiger partial charge in [0.25, 0.3) is 5.91 Å². The Hall–Kier alpha value is -4.44. The molecule has 2 aliphatic rings. The van der Waals surface area contributed by atoms with E-state index in [-0.39, 0.29) is 11.4 Å². The van der Waals surface area contributed by atoms with Crippen LogP contribution in [-0.4, -0.2) is 52.3 Å². The summed E-state index contributed by atoms with van der Waals surface area (Å²) < 4.78 is 17.2. The van der Waals surface area contributed by atoms with Gasteiger partial charge in [-0.15, -0.1) is 0 Å². The van der Waals surface area contributed by atoms with Crippen molar-refractivity contribution in [1.82, 2.24) is 9.99 Å². The van der Waals surface area contributed by atoms with Gasteiger partial charge in [0.2, 0.25) is 5.17 Å². The molecule has 0 radical (unpaired) electrons. The lowest BCUT2D eigenvalue weighted by molar-refractivity contribution is -0.114. The van der Waals surface area contributed by atoms with Crippen LogP contribution in [0.25, 0.3) is 6.08 Å². The number of aryl methyl sites for hydroxylation is 2. The quantitative estimate of drug-likeness (QED) is 0.330. The standard InChI is InChI=1S/C28H25N5O4S/c1-17-11-18(2)13-21(12-17)36-9-10-37-23-7-6-19(15-24(23)35-3)14-22-25(29)33-28(31-26(22)34)38-27(32-33)20-5-4-8-30-16-20/h4-8,11-16,29H,9-10H2,1-3H3/b22-14-,29-25?. The van der Waals surface area contributed by atoms with Crippen LogP contribution in [-0.2, 0) is 4.79 Å². The first-order valence-electron chi connectivity index (χ1n) is 11.8. The highest BCUT2D eigenvalue weighted by atomic mass is 32.2. The molecular weight excluding hydrogens is 502 g/mol. The predicted octanol–water partition coefficient (Wildman–Crippen LogP) is 4.83. The number of nitrogens with one attached hydrogen (secondary N) is 1. The summed E-state index contributed by atoms with van der Waals surface area (Å²) in [5.74, 6) is 1.30. The molecule has 38 heavy (non-hydrogen) atoms. The summed E-state index contributed by atoms with van der Waals surface area (Å²) in [5, 5.41) is 15.4. The van der Waals surface area contributed by atoms with Gasteiger partial charge in [0.15, 0.2) is 17.3 Å². The van der Waals surface area contributed by atoms with Gasteiger partial charge in [-0.1, -0.05) is 12.1 Å². The molecule has 0 saturated carbocycles. The molecular formula is C28H25N5O4S. The van der Waals surface area contributed by atoms with E-state index in [4.69, 9.17) is 19.6 Å². The molecule has 3 heterocycles. The lowest BCUT2D eigenvalue weighted by Crippen LogP contribution is -2.35. The first kappa shape index (κ1) is 25.2. The zero-order chi connectivity index (χ0) is 26.6. The highest BCUT2D eigenvalue weighted by Gasteiger charge is 2.36. The number of nitrogens with zero attached hydrogens (tertiary/aromatic N) is 4. The maximum absolute atomic E-state index is 12.8. The fourth-order valence-electron chi connectivity index (χ4n) is 3.99. The van der Waals surface area contributed by atoms with E-state index < -0.39 is 5.91 Å². The van der Waals surface area contributed by atoms with Crippen LogP contribution in [0.15, 0.2) is 76.6 Å². The molecule has 0 bridgehead atoms. The molecule has 0 spiro atoms. The number of carbonyl (C=O) groups is 1. The van der Waals surface area contributed by atoms with Crippen molar-refractivity contribution >= 4 is 39.8 Å². The molecule has 0 atom stereocenters. The molecule has 5 rings (SSSR count). The topological polar surface area (TPSA) is 109 Å². The van der Waals surface area contributed by atoms with Gasteiger partial charge in [-0.25, -0.2) is 0 Å². The number of hydrazone groups is 1. The van der Waals surface area contributed by atoms with E-state index >= 15 is 0 Å². The molecule has 0 aliphatic carbocycles. The number of hydrogen-bond donors (Lipinski definition) is 1. The number of aromatic nitrogens is 1. The Morgan fingerprint density at radius 2 is 1.82 bits per heavy atom. The Balaban J connectivity index is 1.28. The van der Waals surface area contributed by atoms with Crippen molar-refractivity contribution in [3.05, 3.63) is 88.8 Å². The zero-order valence-electron chi connectivity index (χ0n) is 21.1. The molecule has 1 N–H and O–H groups in total. The average molecular weight is 528 g/mol. The van der Waals surface area contributed by atoms with E-state index in [9.17, 15) is 4.79 Å².